The smallest absolute Gasteiger partial charge is 0.237 e. The number of carbonyl (C=O) groups excluding carboxylic acids is 1. The highest BCUT2D eigenvalue weighted by Gasteiger charge is 2.23. The molecule has 0 aromatic rings. The summed E-state index contributed by atoms with van der Waals surface area (Å²) >= 11 is 0. The van der Waals surface area contributed by atoms with Crippen molar-refractivity contribution in [3.8, 4) is 0 Å². The zero-order valence-corrected chi connectivity index (χ0v) is 6.81. The summed E-state index contributed by atoms with van der Waals surface area (Å²) in [7, 11) is 0. The Kier molecular flexibility index (Phi) is 2.65. The molecule has 3 nitrogen and oxygen atoms in total. The van der Waals surface area contributed by atoms with Gasteiger partial charge in [-0.3, -0.25) is 4.79 Å². The first-order valence-electron chi connectivity index (χ1n) is 3.91. The molecule has 3 heteroatoms. The van der Waals surface area contributed by atoms with Gasteiger partial charge < -0.3 is 10.6 Å². The topological polar surface area (TPSA) is 41.1 Å². The van der Waals surface area contributed by atoms with E-state index in [2.05, 4.69) is 17.2 Å². The number of rotatable bonds is 2. The lowest BCUT2D eigenvalue weighted by atomic mass is 10.2. The Morgan fingerprint density at radius 1 is 1.91 bits per heavy atom. The maximum atomic E-state index is 11.2. The summed E-state index contributed by atoms with van der Waals surface area (Å²) in [4.78, 5) is 11.2. The molecule has 2 N–H and O–H groups in total. The average Bonchev–Trinajstić information content (AvgIpc) is 2.36. The molecule has 0 bridgehead atoms. The molecule has 1 unspecified atom stereocenters. The Labute approximate surface area is 66.9 Å². The summed E-state index contributed by atoms with van der Waals surface area (Å²) in [5.74, 6) is 0.0890. The average molecular weight is 154 g/mol. The van der Waals surface area contributed by atoms with Gasteiger partial charge in [-0.05, 0) is 13.3 Å². The van der Waals surface area contributed by atoms with E-state index in [-0.39, 0.29) is 11.9 Å². The van der Waals surface area contributed by atoms with Crippen molar-refractivity contribution in [2.45, 2.75) is 19.4 Å². The first-order chi connectivity index (χ1) is 5.24. The van der Waals surface area contributed by atoms with E-state index in [0.29, 0.717) is 6.54 Å². The van der Waals surface area contributed by atoms with E-state index in [1.54, 1.807) is 0 Å². The third kappa shape index (κ3) is 2.05. The first-order valence-corrected chi connectivity index (χ1v) is 3.91. The van der Waals surface area contributed by atoms with Crippen LogP contribution in [-0.4, -0.2) is 25.0 Å². The van der Waals surface area contributed by atoms with Crippen LogP contribution in [0.4, 0.5) is 0 Å². The molecule has 0 aliphatic carbocycles. The highest BCUT2D eigenvalue weighted by atomic mass is 16.2. The molecule has 1 saturated heterocycles. The molecule has 62 valence electrons. The lowest BCUT2D eigenvalue weighted by molar-refractivity contribution is -0.122. The summed E-state index contributed by atoms with van der Waals surface area (Å²) in [5, 5.41) is 5.84. The largest absolute Gasteiger partial charge is 0.355 e. The van der Waals surface area contributed by atoms with Crippen LogP contribution < -0.4 is 10.6 Å². The zero-order chi connectivity index (χ0) is 8.27. The highest BCUT2D eigenvalue weighted by Crippen LogP contribution is 2.09. The predicted molar refractivity (Wildman–Crippen MR) is 44.2 cm³/mol. The van der Waals surface area contributed by atoms with Gasteiger partial charge in [0, 0.05) is 13.1 Å². The molecular formula is C8H14N2O. The van der Waals surface area contributed by atoms with Crippen molar-refractivity contribution in [3.05, 3.63) is 12.2 Å². The summed E-state index contributed by atoms with van der Waals surface area (Å²) in [6, 6.07) is -0.0394. The van der Waals surface area contributed by atoms with Crippen LogP contribution in [0.3, 0.4) is 0 Å². The third-order valence-electron chi connectivity index (χ3n) is 1.76. The maximum absolute atomic E-state index is 11.2. The SMILES string of the molecule is C=C1CNC(C(=O)NCC)C1. The molecule has 1 aliphatic rings. The number of hydrogen-bond acceptors (Lipinski definition) is 2. The van der Waals surface area contributed by atoms with Crippen LogP contribution >= 0.6 is 0 Å². The van der Waals surface area contributed by atoms with Gasteiger partial charge in [0.05, 0.1) is 6.04 Å². The monoisotopic (exact) mass is 154 g/mol. The molecule has 0 radical (unpaired) electrons. The van der Waals surface area contributed by atoms with Gasteiger partial charge in [-0.25, -0.2) is 0 Å². The number of nitrogens with one attached hydrogen (secondary N) is 2. The summed E-state index contributed by atoms with van der Waals surface area (Å²) in [6.45, 7) is 7.20. The van der Waals surface area contributed by atoms with Crippen LogP contribution in [0.1, 0.15) is 13.3 Å². The third-order valence-corrected chi connectivity index (χ3v) is 1.76. The minimum atomic E-state index is -0.0394. The Morgan fingerprint density at radius 2 is 2.64 bits per heavy atom. The fraction of sp³-hybridized carbons (Fsp3) is 0.625. The first kappa shape index (κ1) is 8.27. The van der Waals surface area contributed by atoms with E-state index in [0.717, 1.165) is 18.5 Å². The van der Waals surface area contributed by atoms with Gasteiger partial charge in [0.25, 0.3) is 0 Å². The molecule has 11 heavy (non-hydrogen) atoms. The lowest BCUT2D eigenvalue weighted by Gasteiger charge is -2.07. The van der Waals surface area contributed by atoms with Gasteiger partial charge in [-0.2, -0.15) is 0 Å². The second kappa shape index (κ2) is 3.53. The number of hydrogen-bond donors (Lipinski definition) is 2. The molecule has 1 atom stereocenters. The Hall–Kier alpha value is -0.830. The van der Waals surface area contributed by atoms with E-state index in [9.17, 15) is 4.79 Å². The van der Waals surface area contributed by atoms with Gasteiger partial charge in [0.15, 0.2) is 0 Å². The van der Waals surface area contributed by atoms with Crippen LogP contribution in [0.15, 0.2) is 12.2 Å². The second-order valence-electron chi connectivity index (χ2n) is 2.78. The predicted octanol–water partition coefficient (Wildman–Crippen LogP) is 0.0406. The van der Waals surface area contributed by atoms with Crippen molar-refractivity contribution >= 4 is 5.91 Å². The molecule has 0 saturated carbocycles. The van der Waals surface area contributed by atoms with E-state index in [1.807, 2.05) is 6.92 Å². The number of likely N-dealkylation sites (N-methyl/N-ethyl adjacent to an activating group) is 1. The fourth-order valence-corrected chi connectivity index (χ4v) is 1.18. The molecule has 1 rings (SSSR count). The fourth-order valence-electron chi connectivity index (χ4n) is 1.18. The Bertz CT molecular complexity index is 177. The summed E-state index contributed by atoms with van der Waals surface area (Å²) in [6.07, 6.45) is 0.784. The van der Waals surface area contributed by atoms with Crippen molar-refractivity contribution in [2.24, 2.45) is 0 Å². The van der Waals surface area contributed by atoms with Crippen LogP contribution in [-0.2, 0) is 4.79 Å². The van der Waals surface area contributed by atoms with E-state index in [1.165, 1.54) is 0 Å². The molecule has 0 spiro atoms. The zero-order valence-electron chi connectivity index (χ0n) is 6.81. The van der Waals surface area contributed by atoms with Crippen molar-refractivity contribution in [1.29, 1.82) is 0 Å². The Morgan fingerprint density at radius 3 is 3.09 bits per heavy atom. The normalized spacial score (nSPS) is 23.7. The molecule has 0 aromatic carbocycles. The maximum Gasteiger partial charge on any atom is 0.237 e. The van der Waals surface area contributed by atoms with E-state index in [4.69, 9.17) is 0 Å². The lowest BCUT2D eigenvalue weighted by Crippen LogP contribution is -2.40. The number of carbonyl (C=O) groups is 1. The minimum absolute atomic E-state index is 0.0394. The van der Waals surface area contributed by atoms with Gasteiger partial charge in [-0.15, -0.1) is 0 Å². The van der Waals surface area contributed by atoms with Crippen LogP contribution in [0.5, 0.6) is 0 Å². The van der Waals surface area contributed by atoms with Gasteiger partial charge >= 0.3 is 0 Å². The standard InChI is InChI=1S/C8H14N2O/c1-3-9-8(11)7-4-6(2)5-10-7/h7,10H,2-5H2,1H3,(H,9,11). The summed E-state index contributed by atoms with van der Waals surface area (Å²) in [5.41, 5.74) is 1.11. The molecule has 1 heterocycles. The summed E-state index contributed by atoms with van der Waals surface area (Å²) < 4.78 is 0. The van der Waals surface area contributed by atoms with Crippen molar-refractivity contribution < 1.29 is 4.79 Å². The Balaban J connectivity index is 2.37. The van der Waals surface area contributed by atoms with Gasteiger partial charge in [-0.1, -0.05) is 12.2 Å². The van der Waals surface area contributed by atoms with Crippen LogP contribution in [0.2, 0.25) is 0 Å². The molecule has 1 fully saturated rings. The molecule has 1 aliphatic heterocycles. The van der Waals surface area contributed by atoms with Gasteiger partial charge in [0.1, 0.15) is 0 Å². The van der Waals surface area contributed by atoms with Gasteiger partial charge in [0.2, 0.25) is 5.91 Å². The van der Waals surface area contributed by atoms with Crippen LogP contribution in [0.25, 0.3) is 0 Å². The second-order valence-corrected chi connectivity index (χ2v) is 2.78. The minimum Gasteiger partial charge on any atom is -0.355 e. The number of amides is 1. The van der Waals surface area contributed by atoms with Crippen LogP contribution in [0, 0.1) is 0 Å². The molecular weight excluding hydrogens is 140 g/mol. The van der Waals surface area contributed by atoms with Crippen molar-refractivity contribution in [2.75, 3.05) is 13.1 Å². The highest BCUT2D eigenvalue weighted by molar-refractivity contribution is 5.82. The van der Waals surface area contributed by atoms with Crippen molar-refractivity contribution in [1.82, 2.24) is 10.6 Å². The van der Waals surface area contributed by atoms with E-state index < -0.39 is 0 Å². The molecule has 1 amide bonds. The van der Waals surface area contributed by atoms with Crippen molar-refractivity contribution in [3.63, 3.8) is 0 Å². The quantitative estimate of drug-likeness (QED) is 0.551. The van der Waals surface area contributed by atoms with E-state index >= 15 is 0 Å². The molecule has 0 aromatic heterocycles.